The second-order valence-electron chi connectivity index (χ2n) is 4.26. The molecule has 0 aliphatic carbocycles. The van der Waals surface area contributed by atoms with Crippen LogP contribution in [0.2, 0.25) is 5.02 Å². The Balaban J connectivity index is 2.19. The van der Waals surface area contributed by atoms with Gasteiger partial charge in [0.05, 0.1) is 6.61 Å². The average Bonchev–Trinajstić information content (AvgIpc) is 2.48. The Morgan fingerprint density at radius 3 is 2.43 bits per heavy atom. The number of benzene rings is 1. The molecule has 0 bridgehead atoms. The van der Waals surface area contributed by atoms with Crippen LogP contribution in [0.15, 0.2) is 24.3 Å². The zero-order valence-electron chi connectivity index (χ0n) is 12.1. The fraction of sp³-hybridized carbons (Fsp3) is 0.357. The van der Waals surface area contributed by atoms with Gasteiger partial charge < -0.3 is 15.4 Å². The molecule has 6 nitrogen and oxygen atoms in total. The summed E-state index contributed by atoms with van der Waals surface area (Å²) in [5, 5.41) is 6.91. The van der Waals surface area contributed by atoms with Gasteiger partial charge in [-0.15, -0.1) is 0 Å². The van der Waals surface area contributed by atoms with Crippen LogP contribution < -0.4 is 15.4 Å². The number of ether oxygens (including phenoxy) is 1. The maximum atomic E-state index is 5.86. The third kappa shape index (κ3) is 4.75. The number of halogens is 1. The molecular weight excluding hydrogens is 290 g/mol. The Morgan fingerprint density at radius 2 is 1.76 bits per heavy atom. The first-order valence-electron chi connectivity index (χ1n) is 6.86. The van der Waals surface area contributed by atoms with Crippen molar-refractivity contribution in [2.24, 2.45) is 0 Å². The highest BCUT2D eigenvalue weighted by Crippen LogP contribution is 2.18. The maximum Gasteiger partial charge on any atom is 0.323 e. The van der Waals surface area contributed by atoms with E-state index in [-0.39, 0.29) is 0 Å². The molecule has 0 amide bonds. The van der Waals surface area contributed by atoms with E-state index < -0.39 is 0 Å². The lowest BCUT2D eigenvalue weighted by Gasteiger charge is -2.09. The molecule has 21 heavy (non-hydrogen) atoms. The number of nitrogens with one attached hydrogen (secondary N) is 2. The van der Waals surface area contributed by atoms with Gasteiger partial charge in [0, 0.05) is 17.3 Å². The van der Waals surface area contributed by atoms with Gasteiger partial charge in [-0.05, 0) is 37.6 Å². The lowest BCUT2D eigenvalue weighted by Crippen LogP contribution is -2.09. The van der Waals surface area contributed by atoms with Crippen LogP contribution in [0.1, 0.15) is 20.3 Å². The molecule has 0 fully saturated rings. The van der Waals surface area contributed by atoms with Crippen molar-refractivity contribution < 1.29 is 4.74 Å². The molecule has 0 unspecified atom stereocenters. The molecular formula is C14H18ClN5O. The van der Waals surface area contributed by atoms with Crippen LogP contribution in [-0.2, 0) is 0 Å². The fourth-order valence-electron chi connectivity index (χ4n) is 1.58. The predicted molar refractivity (Wildman–Crippen MR) is 84.5 cm³/mol. The van der Waals surface area contributed by atoms with E-state index in [1.807, 2.05) is 19.1 Å². The highest BCUT2D eigenvalue weighted by atomic mass is 35.5. The van der Waals surface area contributed by atoms with Crippen LogP contribution in [-0.4, -0.2) is 28.1 Å². The van der Waals surface area contributed by atoms with Gasteiger partial charge in [-0.3, -0.25) is 0 Å². The van der Waals surface area contributed by atoms with Gasteiger partial charge in [0.1, 0.15) is 0 Å². The van der Waals surface area contributed by atoms with Gasteiger partial charge in [0.25, 0.3) is 0 Å². The van der Waals surface area contributed by atoms with Gasteiger partial charge in [-0.25, -0.2) is 0 Å². The number of anilines is 3. The van der Waals surface area contributed by atoms with Crippen molar-refractivity contribution in [2.45, 2.75) is 20.3 Å². The molecule has 0 saturated carbocycles. The normalized spacial score (nSPS) is 10.2. The van der Waals surface area contributed by atoms with Crippen molar-refractivity contribution >= 4 is 29.2 Å². The molecule has 0 saturated heterocycles. The van der Waals surface area contributed by atoms with Crippen LogP contribution in [0.25, 0.3) is 0 Å². The molecule has 2 rings (SSSR count). The summed E-state index contributed by atoms with van der Waals surface area (Å²) < 4.78 is 5.36. The van der Waals surface area contributed by atoms with Crippen molar-refractivity contribution in [3.05, 3.63) is 29.3 Å². The highest BCUT2D eigenvalue weighted by molar-refractivity contribution is 6.30. The molecule has 2 N–H and O–H groups in total. The average molecular weight is 308 g/mol. The van der Waals surface area contributed by atoms with Gasteiger partial charge >= 0.3 is 6.01 Å². The summed E-state index contributed by atoms with van der Waals surface area (Å²) in [7, 11) is 0. The maximum absolute atomic E-state index is 5.86. The van der Waals surface area contributed by atoms with Crippen molar-refractivity contribution in [1.82, 2.24) is 15.0 Å². The monoisotopic (exact) mass is 307 g/mol. The Bertz CT molecular complexity index is 576. The molecule has 0 radical (unpaired) electrons. The van der Waals surface area contributed by atoms with Crippen molar-refractivity contribution in [3.8, 4) is 6.01 Å². The summed E-state index contributed by atoms with van der Waals surface area (Å²) in [6, 6.07) is 7.59. The van der Waals surface area contributed by atoms with Crippen LogP contribution in [0.4, 0.5) is 17.6 Å². The number of hydrogen-bond donors (Lipinski definition) is 2. The van der Waals surface area contributed by atoms with Crippen molar-refractivity contribution in [1.29, 1.82) is 0 Å². The zero-order chi connectivity index (χ0) is 15.1. The minimum atomic E-state index is 0.294. The second-order valence-corrected chi connectivity index (χ2v) is 4.69. The van der Waals surface area contributed by atoms with Gasteiger partial charge in [0.15, 0.2) is 0 Å². The van der Waals surface area contributed by atoms with E-state index in [0.29, 0.717) is 29.5 Å². The SMILES string of the molecule is CCCNc1nc(Nc2ccc(Cl)cc2)nc(OCC)n1. The fourth-order valence-corrected chi connectivity index (χ4v) is 1.71. The van der Waals surface area contributed by atoms with Gasteiger partial charge in [-0.2, -0.15) is 15.0 Å². The topological polar surface area (TPSA) is 72.0 Å². The van der Waals surface area contributed by atoms with Gasteiger partial charge in [-0.1, -0.05) is 18.5 Å². The largest absolute Gasteiger partial charge is 0.464 e. The molecule has 1 aromatic carbocycles. The summed E-state index contributed by atoms with van der Waals surface area (Å²) in [6.07, 6.45) is 0.982. The third-order valence-corrected chi connectivity index (χ3v) is 2.77. The molecule has 1 aromatic heterocycles. The molecule has 112 valence electrons. The number of nitrogens with zero attached hydrogens (tertiary/aromatic N) is 3. The van der Waals surface area contributed by atoms with Gasteiger partial charge in [0.2, 0.25) is 11.9 Å². The number of rotatable bonds is 7. The van der Waals surface area contributed by atoms with E-state index in [4.69, 9.17) is 16.3 Å². The molecule has 2 aromatic rings. The Morgan fingerprint density at radius 1 is 1.05 bits per heavy atom. The minimum absolute atomic E-state index is 0.294. The van der Waals surface area contributed by atoms with E-state index in [0.717, 1.165) is 18.7 Å². The van der Waals surface area contributed by atoms with E-state index in [1.165, 1.54) is 0 Å². The van der Waals surface area contributed by atoms with E-state index in [9.17, 15) is 0 Å². The quantitative estimate of drug-likeness (QED) is 0.816. The minimum Gasteiger partial charge on any atom is -0.464 e. The molecule has 7 heteroatoms. The first-order chi connectivity index (χ1) is 10.2. The Kier molecular flexibility index (Phi) is 5.57. The summed E-state index contributed by atoms with van der Waals surface area (Å²) in [5.41, 5.74) is 0.842. The highest BCUT2D eigenvalue weighted by Gasteiger charge is 2.07. The summed E-state index contributed by atoms with van der Waals surface area (Å²) in [6.45, 7) is 5.24. The smallest absolute Gasteiger partial charge is 0.323 e. The van der Waals surface area contributed by atoms with E-state index in [2.05, 4.69) is 32.5 Å². The van der Waals surface area contributed by atoms with Crippen molar-refractivity contribution in [3.63, 3.8) is 0 Å². The molecule has 0 aliphatic heterocycles. The first-order valence-corrected chi connectivity index (χ1v) is 7.24. The molecule has 0 aliphatic rings. The third-order valence-electron chi connectivity index (χ3n) is 2.52. The summed E-state index contributed by atoms with van der Waals surface area (Å²) >= 11 is 5.86. The first kappa shape index (κ1) is 15.3. The Labute approximate surface area is 128 Å². The summed E-state index contributed by atoms with van der Waals surface area (Å²) in [5.74, 6) is 0.918. The number of hydrogen-bond acceptors (Lipinski definition) is 6. The van der Waals surface area contributed by atoms with Crippen LogP contribution in [0.5, 0.6) is 6.01 Å². The second kappa shape index (κ2) is 7.64. The Hall–Kier alpha value is -2.08. The lowest BCUT2D eigenvalue weighted by atomic mass is 10.3. The van der Waals surface area contributed by atoms with Crippen LogP contribution in [0.3, 0.4) is 0 Å². The summed E-state index contributed by atoms with van der Waals surface area (Å²) in [4.78, 5) is 12.7. The lowest BCUT2D eigenvalue weighted by molar-refractivity contribution is 0.312. The molecule has 0 atom stereocenters. The zero-order valence-corrected chi connectivity index (χ0v) is 12.8. The van der Waals surface area contributed by atoms with E-state index in [1.54, 1.807) is 12.1 Å². The van der Waals surface area contributed by atoms with Crippen LogP contribution in [0, 0.1) is 0 Å². The van der Waals surface area contributed by atoms with E-state index >= 15 is 0 Å². The molecule has 1 heterocycles. The molecule has 0 spiro atoms. The predicted octanol–water partition coefficient (Wildman–Crippen LogP) is 3.49. The number of aromatic nitrogens is 3. The van der Waals surface area contributed by atoms with Crippen molar-refractivity contribution in [2.75, 3.05) is 23.8 Å². The standard InChI is InChI=1S/C14H18ClN5O/c1-3-9-16-12-18-13(20-14(19-12)21-4-2)17-11-7-5-10(15)6-8-11/h5-8H,3-4,9H2,1-2H3,(H2,16,17,18,19,20). The van der Waals surface area contributed by atoms with Crippen LogP contribution >= 0.6 is 11.6 Å².